The SMILES string of the molecule is N#Cc1cccnc1Oc1ccc(O)cc1. The summed E-state index contributed by atoms with van der Waals surface area (Å²) in [6, 6.07) is 11.5. The maximum absolute atomic E-state index is 9.10. The van der Waals surface area contributed by atoms with Crippen LogP contribution in [-0.4, -0.2) is 10.1 Å². The molecular weight excluding hydrogens is 204 g/mol. The number of nitrogens with zero attached hydrogens (tertiary/aromatic N) is 2. The molecule has 1 N–H and O–H groups in total. The lowest BCUT2D eigenvalue weighted by Gasteiger charge is -2.05. The van der Waals surface area contributed by atoms with Gasteiger partial charge in [-0.2, -0.15) is 5.26 Å². The average Bonchev–Trinajstić information content (AvgIpc) is 2.33. The van der Waals surface area contributed by atoms with E-state index in [0.29, 0.717) is 11.3 Å². The fourth-order valence-corrected chi connectivity index (χ4v) is 1.18. The van der Waals surface area contributed by atoms with Gasteiger partial charge in [-0.1, -0.05) is 0 Å². The molecule has 0 aliphatic carbocycles. The van der Waals surface area contributed by atoms with E-state index in [4.69, 9.17) is 15.1 Å². The highest BCUT2D eigenvalue weighted by Crippen LogP contribution is 2.23. The van der Waals surface area contributed by atoms with Crippen molar-refractivity contribution in [2.45, 2.75) is 0 Å². The van der Waals surface area contributed by atoms with Crippen molar-refractivity contribution < 1.29 is 9.84 Å². The molecule has 2 rings (SSSR count). The van der Waals surface area contributed by atoms with Crippen LogP contribution >= 0.6 is 0 Å². The van der Waals surface area contributed by atoms with Crippen molar-refractivity contribution in [1.82, 2.24) is 4.98 Å². The molecular formula is C12H8N2O2. The zero-order chi connectivity index (χ0) is 11.4. The van der Waals surface area contributed by atoms with E-state index >= 15 is 0 Å². The highest BCUT2D eigenvalue weighted by atomic mass is 16.5. The molecule has 1 aromatic heterocycles. The van der Waals surface area contributed by atoms with Crippen LogP contribution in [0.4, 0.5) is 0 Å². The van der Waals surface area contributed by atoms with E-state index in [-0.39, 0.29) is 11.6 Å². The van der Waals surface area contributed by atoms with E-state index in [2.05, 4.69) is 4.98 Å². The summed E-state index contributed by atoms with van der Waals surface area (Å²) in [7, 11) is 0. The monoisotopic (exact) mass is 212 g/mol. The summed E-state index contributed by atoms with van der Waals surface area (Å²) in [5, 5.41) is 17.9. The highest BCUT2D eigenvalue weighted by Gasteiger charge is 2.04. The van der Waals surface area contributed by atoms with Gasteiger partial charge in [-0.15, -0.1) is 0 Å². The van der Waals surface area contributed by atoms with Crippen molar-refractivity contribution in [1.29, 1.82) is 5.26 Å². The maximum Gasteiger partial charge on any atom is 0.237 e. The molecule has 0 atom stereocenters. The average molecular weight is 212 g/mol. The first-order chi connectivity index (χ1) is 7.79. The molecule has 0 spiro atoms. The van der Waals surface area contributed by atoms with Crippen LogP contribution in [0.1, 0.15) is 5.56 Å². The summed E-state index contributed by atoms with van der Waals surface area (Å²) in [6.07, 6.45) is 1.55. The zero-order valence-corrected chi connectivity index (χ0v) is 8.29. The minimum Gasteiger partial charge on any atom is -0.508 e. The lowest BCUT2D eigenvalue weighted by Crippen LogP contribution is -1.90. The molecule has 4 nitrogen and oxygen atoms in total. The molecule has 1 heterocycles. The topological polar surface area (TPSA) is 66.1 Å². The summed E-state index contributed by atoms with van der Waals surface area (Å²) in [5.74, 6) is 0.942. The van der Waals surface area contributed by atoms with Crippen LogP contribution < -0.4 is 4.74 Å². The van der Waals surface area contributed by atoms with Crippen LogP contribution in [0, 0.1) is 11.3 Å². The Bertz CT molecular complexity index is 529. The Morgan fingerprint density at radius 1 is 1.19 bits per heavy atom. The molecule has 0 fully saturated rings. The number of hydrogen-bond donors (Lipinski definition) is 1. The first-order valence-electron chi connectivity index (χ1n) is 4.61. The first kappa shape index (κ1) is 9.99. The third-order valence-electron chi connectivity index (χ3n) is 1.94. The van der Waals surface area contributed by atoms with E-state index in [9.17, 15) is 0 Å². The Balaban J connectivity index is 2.27. The molecule has 0 aliphatic rings. The molecule has 4 heteroatoms. The summed E-state index contributed by atoms with van der Waals surface area (Å²) in [6.45, 7) is 0. The van der Waals surface area contributed by atoms with Gasteiger partial charge in [0.25, 0.3) is 0 Å². The molecule has 2 aromatic rings. The van der Waals surface area contributed by atoms with Crippen molar-refractivity contribution in [2.24, 2.45) is 0 Å². The second-order valence-corrected chi connectivity index (χ2v) is 3.06. The van der Waals surface area contributed by atoms with E-state index in [1.54, 1.807) is 30.5 Å². The van der Waals surface area contributed by atoms with Gasteiger partial charge in [-0.3, -0.25) is 0 Å². The van der Waals surface area contributed by atoms with Crippen molar-refractivity contribution in [2.75, 3.05) is 0 Å². The molecule has 0 unspecified atom stereocenters. The Morgan fingerprint density at radius 3 is 2.62 bits per heavy atom. The normalized spacial score (nSPS) is 9.44. The van der Waals surface area contributed by atoms with E-state index in [0.717, 1.165) is 0 Å². The standard InChI is InChI=1S/C12H8N2O2/c13-8-9-2-1-7-14-12(9)16-11-5-3-10(15)4-6-11/h1-7,15H. The Labute approximate surface area is 92.4 Å². The Hall–Kier alpha value is -2.54. The van der Waals surface area contributed by atoms with Crippen LogP contribution in [0.2, 0.25) is 0 Å². The minimum atomic E-state index is 0.161. The van der Waals surface area contributed by atoms with Gasteiger partial charge in [-0.25, -0.2) is 4.98 Å². The number of hydrogen-bond acceptors (Lipinski definition) is 4. The number of pyridine rings is 1. The Morgan fingerprint density at radius 2 is 1.94 bits per heavy atom. The fraction of sp³-hybridized carbons (Fsp3) is 0. The van der Waals surface area contributed by atoms with Crippen LogP contribution in [0.25, 0.3) is 0 Å². The Kier molecular flexibility index (Phi) is 2.70. The molecule has 78 valence electrons. The smallest absolute Gasteiger partial charge is 0.237 e. The molecule has 0 radical (unpaired) electrons. The number of nitriles is 1. The fourth-order valence-electron chi connectivity index (χ4n) is 1.18. The number of rotatable bonds is 2. The highest BCUT2D eigenvalue weighted by molar-refractivity contribution is 5.40. The second-order valence-electron chi connectivity index (χ2n) is 3.06. The lowest BCUT2D eigenvalue weighted by atomic mass is 10.3. The summed E-state index contributed by atoms with van der Waals surface area (Å²) < 4.78 is 5.41. The number of aromatic hydroxyl groups is 1. The van der Waals surface area contributed by atoms with E-state index < -0.39 is 0 Å². The van der Waals surface area contributed by atoms with Crippen molar-refractivity contribution >= 4 is 0 Å². The third-order valence-corrected chi connectivity index (χ3v) is 1.94. The minimum absolute atomic E-state index is 0.161. The van der Waals surface area contributed by atoms with Crippen molar-refractivity contribution in [3.05, 3.63) is 48.2 Å². The van der Waals surface area contributed by atoms with Crippen molar-refractivity contribution in [3.8, 4) is 23.4 Å². The molecule has 0 amide bonds. The van der Waals surface area contributed by atoms with Gasteiger partial charge in [0.05, 0.1) is 0 Å². The maximum atomic E-state index is 9.10. The molecule has 0 saturated heterocycles. The first-order valence-corrected chi connectivity index (χ1v) is 4.61. The molecule has 1 aromatic carbocycles. The lowest BCUT2D eigenvalue weighted by molar-refractivity contribution is 0.453. The number of phenolic OH excluding ortho intramolecular Hbond substituents is 1. The molecule has 16 heavy (non-hydrogen) atoms. The van der Waals surface area contributed by atoms with Crippen LogP contribution in [0.15, 0.2) is 42.6 Å². The van der Waals surface area contributed by atoms with E-state index in [1.807, 2.05) is 6.07 Å². The van der Waals surface area contributed by atoms with Gasteiger partial charge >= 0.3 is 0 Å². The van der Waals surface area contributed by atoms with Gasteiger partial charge in [0.2, 0.25) is 5.88 Å². The third kappa shape index (κ3) is 2.10. The summed E-state index contributed by atoms with van der Waals surface area (Å²) in [5.41, 5.74) is 0.371. The number of phenols is 1. The zero-order valence-electron chi connectivity index (χ0n) is 8.29. The molecule has 0 bridgehead atoms. The van der Waals surface area contributed by atoms with Gasteiger partial charge in [0.15, 0.2) is 0 Å². The number of benzene rings is 1. The van der Waals surface area contributed by atoms with Gasteiger partial charge in [0, 0.05) is 6.20 Å². The van der Waals surface area contributed by atoms with E-state index in [1.165, 1.54) is 12.1 Å². The molecule has 0 aliphatic heterocycles. The quantitative estimate of drug-likeness (QED) is 0.830. The van der Waals surface area contributed by atoms with Crippen molar-refractivity contribution in [3.63, 3.8) is 0 Å². The summed E-state index contributed by atoms with van der Waals surface area (Å²) >= 11 is 0. The van der Waals surface area contributed by atoms with Crippen LogP contribution in [0.5, 0.6) is 17.4 Å². The predicted molar refractivity (Wildman–Crippen MR) is 57.1 cm³/mol. The number of aromatic nitrogens is 1. The van der Waals surface area contributed by atoms with Gasteiger partial charge < -0.3 is 9.84 Å². The molecule has 0 saturated carbocycles. The van der Waals surface area contributed by atoms with Crippen LogP contribution in [-0.2, 0) is 0 Å². The predicted octanol–water partition coefficient (Wildman–Crippen LogP) is 2.45. The summed E-state index contributed by atoms with van der Waals surface area (Å²) in [4.78, 5) is 3.96. The largest absolute Gasteiger partial charge is 0.508 e. The van der Waals surface area contributed by atoms with Crippen LogP contribution in [0.3, 0.4) is 0 Å². The van der Waals surface area contributed by atoms with Gasteiger partial charge in [-0.05, 0) is 36.4 Å². The number of ether oxygens (including phenoxy) is 1. The second kappa shape index (κ2) is 4.32. The van der Waals surface area contributed by atoms with Gasteiger partial charge in [0.1, 0.15) is 23.1 Å².